The van der Waals surface area contributed by atoms with E-state index in [4.69, 9.17) is 5.11 Å². The molecule has 7 heteroatoms. The third-order valence-electron chi connectivity index (χ3n) is 1.67. The second-order valence-corrected chi connectivity index (χ2v) is 2.85. The maximum absolute atomic E-state index is 11.1. The summed E-state index contributed by atoms with van der Waals surface area (Å²) in [5.41, 5.74) is -2.38. The molecule has 7 nitrogen and oxygen atoms in total. The van der Waals surface area contributed by atoms with Crippen LogP contribution in [-0.4, -0.2) is 47.9 Å². The van der Waals surface area contributed by atoms with E-state index >= 15 is 0 Å². The van der Waals surface area contributed by atoms with Crippen molar-refractivity contribution in [3.8, 4) is 0 Å². The Morgan fingerprint density at radius 3 is 2.00 bits per heavy atom. The number of ether oxygens (including phenoxy) is 2. The average molecular weight is 220 g/mol. The Morgan fingerprint density at radius 1 is 1.13 bits per heavy atom. The van der Waals surface area contributed by atoms with Crippen LogP contribution in [0.15, 0.2) is 0 Å². The quantitative estimate of drug-likeness (QED) is 0.567. The Labute approximate surface area is 85.6 Å². The molecule has 0 aliphatic heterocycles. The van der Waals surface area contributed by atoms with Crippen molar-refractivity contribution in [3.05, 3.63) is 0 Å². The van der Waals surface area contributed by atoms with Gasteiger partial charge >= 0.3 is 17.9 Å². The smallest absolute Gasteiger partial charge is 0.339 e. The third kappa shape index (κ3) is 3.94. The fourth-order valence-corrected chi connectivity index (χ4v) is 0.958. The van der Waals surface area contributed by atoms with Crippen molar-refractivity contribution < 1.29 is 34.1 Å². The van der Waals surface area contributed by atoms with Crippen molar-refractivity contribution in [2.45, 2.75) is 18.4 Å². The summed E-state index contributed by atoms with van der Waals surface area (Å²) in [7, 11) is 2.03. The van der Waals surface area contributed by atoms with Gasteiger partial charge in [0.05, 0.1) is 27.1 Å². The molecule has 86 valence electrons. The van der Waals surface area contributed by atoms with Gasteiger partial charge in [-0.3, -0.25) is 9.59 Å². The van der Waals surface area contributed by atoms with Gasteiger partial charge in [0.15, 0.2) is 5.60 Å². The summed E-state index contributed by atoms with van der Waals surface area (Å²) in [4.78, 5) is 32.3. The highest BCUT2D eigenvalue weighted by Gasteiger charge is 2.42. The predicted molar refractivity (Wildman–Crippen MR) is 45.9 cm³/mol. The first-order valence-electron chi connectivity index (χ1n) is 3.95. The highest BCUT2D eigenvalue weighted by molar-refractivity contribution is 5.89. The van der Waals surface area contributed by atoms with E-state index in [2.05, 4.69) is 9.47 Å². The standard InChI is InChI=1S/C8H12O7/c1-14-6(11)4-8(13,3-5(9)10)7(12)15-2/h13H,3-4H2,1-2H3,(H,9,10)/t8-/m1/s1. The van der Waals surface area contributed by atoms with E-state index in [1.54, 1.807) is 0 Å². The second kappa shape index (κ2) is 5.30. The first-order chi connectivity index (χ1) is 6.85. The molecular formula is C8H12O7. The minimum Gasteiger partial charge on any atom is -0.481 e. The molecule has 0 saturated heterocycles. The maximum Gasteiger partial charge on any atom is 0.339 e. The second-order valence-electron chi connectivity index (χ2n) is 2.85. The van der Waals surface area contributed by atoms with Crippen molar-refractivity contribution in [2.24, 2.45) is 0 Å². The molecule has 0 aliphatic carbocycles. The lowest BCUT2D eigenvalue weighted by molar-refractivity contribution is -0.173. The molecule has 2 N–H and O–H groups in total. The summed E-state index contributed by atoms with van der Waals surface area (Å²) < 4.78 is 8.42. The Balaban J connectivity index is 4.76. The number of rotatable bonds is 5. The van der Waals surface area contributed by atoms with Gasteiger partial charge in [-0.2, -0.15) is 0 Å². The molecule has 0 fully saturated rings. The van der Waals surface area contributed by atoms with E-state index in [-0.39, 0.29) is 0 Å². The van der Waals surface area contributed by atoms with Crippen LogP contribution in [0.1, 0.15) is 12.8 Å². The van der Waals surface area contributed by atoms with Crippen LogP contribution in [0, 0.1) is 0 Å². The van der Waals surface area contributed by atoms with Crippen molar-refractivity contribution in [1.29, 1.82) is 0 Å². The fraction of sp³-hybridized carbons (Fsp3) is 0.625. The molecule has 0 spiro atoms. The van der Waals surface area contributed by atoms with Crippen LogP contribution in [0.2, 0.25) is 0 Å². The number of esters is 2. The SMILES string of the molecule is COC(=O)C[C@](O)(CC(=O)O)C(=O)OC. The van der Waals surface area contributed by atoms with Crippen LogP contribution in [0.4, 0.5) is 0 Å². The molecule has 0 aromatic rings. The van der Waals surface area contributed by atoms with Crippen LogP contribution in [0.5, 0.6) is 0 Å². The van der Waals surface area contributed by atoms with Crippen LogP contribution in [0.3, 0.4) is 0 Å². The summed E-state index contributed by atoms with van der Waals surface area (Å²) in [6.07, 6.45) is -1.68. The molecule has 15 heavy (non-hydrogen) atoms. The summed E-state index contributed by atoms with van der Waals surface area (Å²) >= 11 is 0. The molecule has 0 rings (SSSR count). The molecule has 0 radical (unpaired) electrons. The number of carboxylic acids is 1. The Hall–Kier alpha value is -1.63. The molecule has 0 heterocycles. The molecule has 0 aliphatic rings. The van der Waals surface area contributed by atoms with Crippen LogP contribution in [-0.2, 0) is 23.9 Å². The highest BCUT2D eigenvalue weighted by atomic mass is 16.5. The van der Waals surface area contributed by atoms with Crippen molar-refractivity contribution in [2.75, 3.05) is 14.2 Å². The lowest BCUT2D eigenvalue weighted by Crippen LogP contribution is -2.43. The van der Waals surface area contributed by atoms with Gasteiger partial charge in [0.1, 0.15) is 0 Å². The minimum absolute atomic E-state index is 0.761. The van der Waals surface area contributed by atoms with Gasteiger partial charge in [-0.15, -0.1) is 0 Å². The molecule has 0 amide bonds. The van der Waals surface area contributed by atoms with E-state index in [9.17, 15) is 19.5 Å². The van der Waals surface area contributed by atoms with E-state index < -0.39 is 36.4 Å². The molecule has 0 aromatic heterocycles. The van der Waals surface area contributed by atoms with Gasteiger partial charge < -0.3 is 19.7 Å². The third-order valence-corrected chi connectivity index (χ3v) is 1.67. The van der Waals surface area contributed by atoms with Gasteiger partial charge in [0.2, 0.25) is 0 Å². The van der Waals surface area contributed by atoms with Crippen molar-refractivity contribution >= 4 is 17.9 Å². The predicted octanol–water partition coefficient (Wildman–Crippen LogP) is -1.07. The molecule has 0 saturated carbocycles. The number of methoxy groups -OCH3 is 2. The van der Waals surface area contributed by atoms with Gasteiger partial charge in [-0.05, 0) is 0 Å². The van der Waals surface area contributed by atoms with Crippen LogP contribution < -0.4 is 0 Å². The monoisotopic (exact) mass is 220 g/mol. The number of aliphatic hydroxyl groups is 1. The topological polar surface area (TPSA) is 110 Å². The van der Waals surface area contributed by atoms with Crippen molar-refractivity contribution in [1.82, 2.24) is 0 Å². The number of carboxylic acid groups (broad SMARTS) is 1. The average Bonchev–Trinajstić information content (AvgIpc) is 2.14. The first-order valence-corrected chi connectivity index (χ1v) is 3.95. The molecule has 0 bridgehead atoms. The minimum atomic E-state index is -2.38. The molecular weight excluding hydrogens is 208 g/mol. The maximum atomic E-state index is 11.1. The van der Waals surface area contributed by atoms with E-state index in [0.717, 1.165) is 14.2 Å². The lowest BCUT2D eigenvalue weighted by Gasteiger charge is -2.21. The zero-order valence-corrected chi connectivity index (χ0v) is 8.35. The normalized spacial score (nSPS) is 13.8. The summed E-state index contributed by atoms with van der Waals surface area (Å²) in [6, 6.07) is 0. The van der Waals surface area contributed by atoms with E-state index in [0.29, 0.717) is 0 Å². The summed E-state index contributed by atoms with van der Waals surface area (Å²) in [5, 5.41) is 18.1. The van der Waals surface area contributed by atoms with Crippen LogP contribution >= 0.6 is 0 Å². The zero-order valence-electron chi connectivity index (χ0n) is 8.35. The molecule has 0 aromatic carbocycles. The number of hydrogen-bond acceptors (Lipinski definition) is 6. The fourth-order valence-electron chi connectivity index (χ4n) is 0.958. The lowest BCUT2D eigenvalue weighted by atomic mass is 9.96. The molecule has 0 unspecified atom stereocenters. The van der Waals surface area contributed by atoms with Gasteiger partial charge in [0.25, 0.3) is 0 Å². The van der Waals surface area contributed by atoms with Crippen LogP contribution in [0.25, 0.3) is 0 Å². The zero-order chi connectivity index (χ0) is 12.1. The number of carbonyl (C=O) groups is 3. The van der Waals surface area contributed by atoms with Gasteiger partial charge in [-0.1, -0.05) is 0 Å². The Morgan fingerprint density at radius 2 is 1.67 bits per heavy atom. The van der Waals surface area contributed by atoms with E-state index in [1.165, 1.54) is 0 Å². The van der Waals surface area contributed by atoms with Crippen molar-refractivity contribution in [3.63, 3.8) is 0 Å². The number of aliphatic carboxylic acids is 1. The summed E-state index contributed by atoms with van der Waals surface area (Å²) in [6.45, 7) is 0. The Kier molecular flexibility index (Phi) is 4.72. The molecule has 1 atom stereocenters. The number of hydrogen-bond donors (Lipinski definition) is 2. The Bertz CT molecular complexity index is 272. The van der Waals surface area contributed by atoms with E-state index in [1.807, 2.05) is 0 Å². The summed E-state index contributed by atoms with van der Waals surface area (Å²) in [5.74, 6) is -3.51. The van der Waals surface area contributed by atoms with Gasteiger partial charge in [-0.25, -0.2) is 4.79 Å². The van der Waals surface area contributed by atoms with Gasteiger partial charge in [0, 0.05) is 0 Å². The number of carbonyl (C=O) groups excluding carboxylic acids is 2. The largest absolute Gasteiger partial charge is 0.481 e. The first kappa shape index (κ1) is 13.4. The highest BCUT2D eigenvalue weighted by Crippen LogP contribution is 2.18.